The summed E-state index contributed by atoms with van der Waals surface area (Å²) in [4.78, 5) is 16.5. The van der Waals surface area contributed by atoms with E-state index in [2.05, 4.69) is 17.1 Å². The number of hydrogen-bond acceptors (Lipinski definition) is 5. The monoisotopic (exact) mass is 325 g/mol. The van der Waals surface area contributed by atoms with Gasteiger partial charge in [-0.15, -0.1) is 23.1 Å². The second kappa shape index (κ2) is 6.08. The minimum Gasteiger partial charge on any atom is -0.396 e. The highest BCUT2D eigenvalue weighted by molar-refractivity contribution is 7.99. The Bertz CT molecular complexity index is 539. The maximum absolute atomic E-state index is 12.3. The van der Waals surface area contributed by atoms with Gasteiger partial charge in [-0.05, 0) is 37.9 Å². The number of nitrogens with zero attached hydrogens (tertiary/aromatic N) is 1. The van der Waals surface area contributed by atoms with Gasteiger partial charge in [-0.2, -0.15) is 0 Å². The molecule has 2 aliphatic rings. The van der Waals surface area contributed by atoms with Crippen LogP contribution in [0, 0.1) is 5.92 Å². The van der Waals surface area contributed by atoms with Crippen LogP contribution in [0.2, 0.25) is 0 Å². The molecule has 1 saturated heterocycles. The van der Waals surface area contributed by atoms with Crippen LogP contribution in [0.4, 0.5) is 10.7 Å². The van der Waals surface area contributed by atoms with Crippen LogP contribution in [-0.4, -0.2) is 31.3 Å². The molecule has 0 radical (unpaired) electrons. The van der Waals surface area contributed by atoms with Crippen molar-refractivity contribution in [3.05, 3.63) is 4.88 Å². The molecule has 4 nitrogen and oxygen atoms in total. The largest absolute Gasteiger partial charge is 0.396 e. The molecule has 1 aromatic rings. The van der Waals surface area contributed by atoms with Gasteiger partial charge in [0, 0.05) is 19.1 Å². The smallest absolute Gasteiger partial charge is 0.263 e. The number of nitrogen functional groups attached to an aromatic ring is 1. The van der Waals surface area contributed by atoms with Gasteiger partial charge in [0.25, 0.3) is 5.91 Å². The van der Waals surface area contributed by atoms with E-state index in [1.807, 2.05) is 6.26 Å². The molecule has 0 bridgehead atoms. The van der Waals surface area contributed by atoms with Gasteiger partial charge in [-0.3, -0.25) is 4.79 Å². The average molecular weight is 326 g/mol. The standard InChI is InChI=1S/C15H23N3OS2/c1-9-4-3-7-18(8-9)15-13(20-2)11(16)12(21-15)14(19)17-10-5-6-10/h9-10H,3-8,16H2,1-2H3,(H,17,19). The molecule has 1 saturated carbocycles. The molecule has 6 heteroatoms. The summed E-state index contributed by atoms with van der Waals surface area (Å²) in [6.45, 7) is 4.43. The van der Waals surface area contributed by atoms with Crippen LogP contribution in [0.15, 0.2) is 4.90 Å². The van der Waals surface area contributed by atoms with Gasteiger partial charge in [0.1, 0.15) is 9.88 Å². The SMILES string of the molecule is CSc1c(N2CCCC(C)C2)sc(C(=O)NC2CC2)c1N. The Balaban J connectivity index is 1.86. The topological polar surface area (TPSA) is 58.4 Å². The van der Waals surface area contributed by atoms with Crippen molar-refractivity contribution in [1.29, 1.82) is 0 Å². The number of carbonyl (C=O) groups is 1. The number of thioether (sulfide) groups is 1. The average Bonchev–Trinajstić information content (AvgIpc) is 3.20. The number of carbonyl (C=O) groups excluding carboxylic acids is 1. The van der Waals surface area contributed by atoms with E-state index in [0.717, 1.165) is 30.8 Å². The van der Waals surface area contributed by atoms with Gasteiger partial charge in [0.15, 0.2) is 0 Å². The Kier molecular flexibility index (Phi) is 4.36. The molecular formula is C15H23N3OS2. The lowest BCUT2D eigenvalue weighted by Crippen LogP contribution is -2.33. The van der Waals surface area contributed by atoms with Crippen molar-refractivity contribution in [2.75, 3.05) is 30.0 Å². The third-order valence-electron chi connectivity index (χ3n) is 4.15. The van der Waals surface area contributed by atoms with Crippen LogP contribution in [0.3, 0.4) is 0 Å². The minimum atomic E-state index is 0.00612. The van der Waals surface area contributed by atoms with Gasteiger partial charge in [0.2, 0.25) is 0 Å². The predicted octanol–water partition coefficient (Wildman–Crippen LogP) is 3.18. The first kappa shape index (κ1) is 15.0. The molecule has 0 aromatic carbocycles. The molecule has 3 N–H and O–H groups in total. The van der Waals surface area contributed by atoms with Crippen molar-refractivity contribution in [2.45, 2.75) is 43.5 Å². The molecule has 1 unspecified atom stereocenters. The highest BCUT2D eigenvalue weighted by Gasteiger charge is 2.29. The van der Waals surface area contributed by atoms with Gasteiger partial charge < -0.3 is 16.0 Å². The predicted molar refractivity (Wildman–Crippen MR) is 91.6 cm³/mol. The Labute approximate surface area is 134 Å². The van der Waals surface area contributed by atoms with E-state index in [4.69, 9.17) is 5.73 Å². The first-order valence-electron chi connectivity index (χ1n) is 7.62. The van der Waals surface area contributed by atoms with E-state index in [0.29, 0.717) is 22.5 Å². The van der Waals surface area contributed by atoms with Crippen LogP contribution >= 0.6 is 23.1 Å². The molecule has 2 fully saturated rings. The maximum atomic E-state index is 12.3. The quantitative estimate of drug-likeness (QED) is 0.835. The van der Waals surface area contributed by atoms with Crippen LogP contribution in [0.5, 0.6) is 0 Å². The van der Waals surface area contributed by atoms with Gasteiger partial charge >= 0.3 is 0 Å². The zero-order chi connectivity index (χ0) is 15.0. The first-order valence-corrected chi connectivity index (χ1v) is 9.66. The van der Waals surface area contributed by atoms with E-state index in [9.17, 15) is 4.79 Å². The second-order valence-corrected chi connectivity index (χ2v) is 7.94. The summed E-state index contributed by atoms with van der Waals surface area (Å²) < 4.78 is 0. The minimum absolute atomic E-state index is 0.00612. The summed E-state index contributed by atoms with van der Waals surface area (Å²) in [7, 11) is 0. The van der Waals surface area contributed by atoms with Crippen molar-refractivity contribution in [2.24, 2.45) is 5.92 Å². The lowest BCUT2D eigenvalue weighted by atomic mass is 10.0. The molecule has 2 heterocycles. The molecule has 0 spiro atoms. The van der Waals surface area contributed by atoms with Crippen LogP contribution in [0.25, 0.3) is 0 Å². The molecule has 3 rings (SSSR count). The molecule has 1 aliphatic carbocycles. The fourth-order valence-corrected chi connectivity index (χ4v) is 4.96. The number of thiophene rings is 1. The lowest BCUT2D eigenvalue weighted by Gasteiger charge is -2.32. The molecule has 1 aromatic heterocycles. The number of piperidine rings is 1. The Morgan fingerprint density at radius 2 is 2.19 bits per heavy atom. The number of nitrogens with two attached hydrogens (primary N) is 1. The molecule has 1 atom stereocenters. The fourth-order valence-electron chi connectivity index (χ4n) is 2.84. The van der Waals surface area contributed by atoms with E-state index in [1.165, 1.54) is 17.8 Å². The summed E-state index contributed by atoms with van der Waals surface area (Å²) in [5.41, 5.74) is 6.92. The number of nitrogens with one attached hydrogen (secondary N) is 1. The Morgan fingerprint density at radius 1 is 1.43 bits per heavy atom. The van der Waals surface area contributed by atoms with E-state index >= 15 is 0 Å². The fraction of sp³-hybridized carbons (Fsp3) is 0.667. The molecule has 1 aliphatic heterocycles. The van der Waals surface area contributed by atoms with Crippen molar-refractivity contribution in [1.82, 2.24) is 5.32 Å². The zero-order valence-electron chi connectivity index (χ0n) is 12.6. The van der Waals surface area contributed by atoms with E-state index in [-0.39, 0.29) is 5.91 Å². The van der Waals surface area contributed by atoms with Crippen molar-refractivity contribution in [3.63, 3.8) is 0 Å². The second-order valence-electron chi connectivity index (χ2n) is 6.12. The lowest BCUT2D eigenvalue weighted by molar-refractivity contribution is 0.0956. The van der Waals surface area contributed by atoms with Crippen LogP contribution in [-0.2, 0) is 0 Å². The van der Waals surface area contributed by atoms with E-state index < -0.39 is 0 Å². The van der Waals surface area contributed by atoms with Crippen LogP contribution < -0.4 is 16.0 Å². The van der Waals surface area contributed by atoms with Gasteiger partial charge in [0.05, 0.1) is 10.6 Å². The summed E-state index contributed by atoms with van der Waals surface area (Å²) in [5.74, 6) is 0.715. The van der Waals surface area contributed by atoms with E-state index in [1.54, 1.807) is 23.1 Å². The number of anilines is 2. The molecule has 21 heavy (non-hydrogen) atoms. The third kappa shape index (κ3) is 3.16. The number of hydrogen-bond donors (Lipinski definition) is 2. The summed E-state index contributed by atoms with van der Waals surface area (Å²) in [5, 5.41) is 4.24. The normalized spacial score (nSPS) is 22.4. The summed E-state index contributed by atoms with van der Waals surface area (Å²) in [6.07, 6.45) is 6.75. The van der Waals surface area contributed by atoms with Crippen LogP contribution in [0.1, 0.15) is 42.3 Å². The number of amides is 1. The van der Waals surface area contributed by atoms with Crippen molar-refractivity contribution < 1.29 is 4.79 Å². The van der Waals surface area contributed by atoms with Crippen molar-refractivity contribution >= 4 is 39.7 Å². The first-order chi connectivity index (χ1) is 10.1. The molecule has 1 amide bonds. The highest BCUT2D eigenvalue weighted by atomic mass is 32.2. The van der Waals surface area contributed by atoms with Crippen molar-refractivity contribution in [3.8, 4) is 0 Å². The Morgan fingerprint density at radius 3 is 2.81 bits per heavy atom. The summed E-state index contributed by atoms with van der Waals surface area (Å²) >= 11 is 3.22. The van der Waals surface area contributed by atoms with Gasteiger partial charge in [-0.25, -0.2) is 0 Å². The number of rotatable bonds is 4. The zero-order valence-corrected chi connectivity index (χ0v) is 14.3. The maximum Gasteiger partial charge on any atom is 0.263 e. The molecule has 116 valence electrons. The Hall–Kier alpha value is -0.880. The summed E-state index contributed by atoms with van der Waals surface area (Å²) in [6, 6.07) is 0.371. The van der Waals surface area contributed by atoms with Gasteiger partial charge in [-0.1, -0.05) is 6.92 Å². The third-order valence-corrected chi connectivity index (χ3v) is 6.37. The highest BCUT2D eigenvalue weighted by Crippen LogP contribution is 2.45. The molecular weight excluding hydrogens is 302 g/mol.